The first-order chi connectivity index (χ1) is 11.6. The first kappa shape index (κ1) is 17.1. The van der Waals surface area contributed by atoms with Gasteiger partial charge in [-0.3, -0.25) is 4.79 Å². The highest BCUT2D eigenvalue weighted by atomic mass is 19.1. The van der Waals surface area contributed by atoms with Gasteiger partial charge in [-0.1, -0.05) is 6.92 Å². The Morgan fingerprint density at radius 3 is 2.71 bits per heavy atom. The van der Waals surface area contributed by atoms with Crippen molar-refractivity contribution < 1.29 is 13.9 Å². The van der Waals surface area contributed by atoms with E-state index < -0.39 is 5.67 Å². The SMILES string of the molecule is CCc1cnc(N2CCC(F)(CNC(=O)C3CCOC3)CC2)nc1. The van der Waals surface area contributed by atoms with Crippen molar-refractivity contribution in [1.29, 1.82) is 0 Å². The summed E-state index contributed by atoms with van der Waals surface area (Å²) in [5, 5.41) is 2.76. The lowest BCUT2D eigenvalue weighted by Crippen LogP contribution is -2.49. The Morgan fingerprint density at radius 1 is 1.42 bits per heavy atom. The predicted octanol–water partition coefficient (Wildman–Crippen LogP) is 1.50. The van der Waals surface area contributed by atoms with Gasteiger partial charge >= 0.3 is 0 Å². The molecule has 3 rings (SSSR count). The van der Waals surface area contributed by atoms with E-state index in [4.69, 9.17) is 4.74 Å². The molecule has 7 heteroatoms. The Morgan fingerprint density at radius 2 is 2.12 bits per heavy atom. The first-order valence-corrected chi connectivity index (χ1v) is 8.70. The number of rotatable bonds is 5. The monoisotopic (exact) mass is 336 g/mol. The van der Waals surface area contributed by atoms with Crippen molar-refractivity contribution in [1.82, 2.24) is 15.3 Å². The van der Waals surface area contributed by atoms with Gasteiger partial charge in [-0.05, 0) is 18.4 Å². The number of nitrogens with zero attached hydrogens (tertiary/aromatic N) is 3. The van der Waals surface area contributed by atoms with Crippen molar-refractivity contribution in [2.45, 2.75) is 38.3 Å². The molecule has 132 valence electrons. The van der Waals surface area contributed by atoms with Crippen molar-refractivity contribution in [3.05, 3.63) is 18.0 Å². The number of hydrogen-bond donors (Lipinski definition) is 1. The normalized spacial score (nSPS) is 23.2. The molecule has 1 aromatic heterocycles. The summed E-state index contributed by atoms with van der Waals surface area (Å²) >= 11 is 0. The number of aromatic nitrogens is 2. The molecule has 2 fully saturated rings. The molecule has 0 spiro atoms. The second kappa shape index (κ2) is 7.42. The average molecular weight is 336 g/mol. The molecule has 0 aliphatic carbocycles. The maximum Gasteiger partial charge on any atom is 0.225 e. The van der Waals surface area contributed by atoms with Crippen LogP contribution in [0, 0.1) is 5.92 Å². The van der Waals surface area contributed by atoms with Crippen LogP contribution in [0.15, 0.2) is 12.4 Å². The zero-order chi connectivity index (χ0) is 17.0. The van der Waals surface area contributed by atoms with Crippen LogP contribution in [0.25, 0.3) is 0 Å². The van der Waals surface area contributed by atoms with Crippen LogP contribution in [0.5, 0.6) is 0 Å². The molecule has 0 radical (unpaired) electrons. The number of hydrogen-bond acceptors (Lipinski definition) is 5. The van der Waals surface area contributed by atoms with Crippen LogP contribution in [0.4, 0.5) is 10.3 Å². The molecule has 2 aliphatic rings. The standard InChI is InChI=1S/C17H25FN4O2/c1-2-13-9-19-16(20-10-13)22-6-4-17(18,5-7-22)12-21-15(23)14-3-8-24-11-14/h9-10,14H,2-8,11-12H2,1H3,(H,21,23). The molecular weight excluding hydrogens is 311 g/mol. The van der Waals surface area contributed by atoms with Crippen LogP contribution >= 0.6 is 0 Å². The number of piperidine rings is 1. The summed E-state index contributed by atoms with van der Waals surface area (Å²) in [4.78, 5) is 22.7. The molecule has 3 heterocycles. The molecule has 0 saturated carbocycles. The molecule has 0 bridgehead atoms. The average Bonchev–Trinajstić information content (AvgIpc) is 3.15. The molecule has 1 amide bonds. The summed E-state index contributed by atoms with van der Waals surface area (Å²) < 4.78 is 20.1. The summed E-state index contributed by atoms with van der Waals surface area (Å²) in [6.45, 7) is 4.32. The third-order valence-electron chi connectivity index (χ3n) is 4.92. The van der Waals surface area contributed by atoms with Gasteiger partial charge in [0.25, 0.3) is 0 Å². The second-order valence-corrected chi connectivity index (χ2v) is 6.66. The maximum atomic E-state index is 14.9. The van der Waals surface area contributed by atoms with Crippen LogP contribution in [0.3, 0.4) is 0 Å². The minimum absolute atomic E-state index is 0.0752. The molecule has 1 atom stereocenters. The number of aryl methyl sites for hydroxylation is 1. The van der Waals surface area contributed by atoms with Crippen molar-refractivity contribution in [3.63, 3.8) is 0 Å². The molecule has 2 saturated heterocycles. The summed E-state index contributed by atoms with van der Waals surface area (Å²) in [5.41, 5.74) is -0.260. The van der Waals surface area contributed by atoms with Gasteiger partial charge in [0.2, 0.25) is 11.9 Å². The topological polar surface area (TPSA) is 67.4 Å². The lowest BCUT2D eigenvalue weighted by molar-refractivity contribution is -0.125. The smallest absolute Gasteiger partial charge is 0.225 e. The summed E-state index contributed by atoms with van der Waals surface area (Å²) in [5.74, 6) is 0.436. The van der Waals surface area contributed by atoms with Gasteiger partial charge in [0.1, 0.15) is 5.67 Å². The van der Waals surface area contributed by atoms with Gasteiger partial charge in [-0.25, -0.2) is 14.4 Å². The lowest BCUT2D eigenvalue weighted by atomic mass is 9.93. The second-order valence-electron chi connectivity index (χ2n) is 6.66. The number of amides is 1. The molecule has 0 aromatic carbocycles. The van der Waals surface area contributed by atoms with E-state index in [1.54, 1.807) is 0 Å². The Bertz CT molecular complexity index is 552. The van der Waals surface area contributed by atoms with Crippen LogP contribution in [-0.4, -0.2) is 54.4 Å². The Hall–Kier alpha value is -1.76. The minimum Gasteiger partial charge on any atom is -0.381 e. The zero-order valence-corrected chi connectivity index (χ0v) is 14.1. The molecule has 1 aromatic rings. The molecule has 1 unspecified atom stereocenters. The van der Waals surface area contributed by atoms with Gasteiger partial charge in [0, 0.05) is 44.9 Å². The highest BCUT2D eigenvalue weighted by Gasteiger charge is 2.36. The highest BCUT2D eigenvalue weighted by molar-refractivity contribution is 5.79. The van der Waals surface area contributed by atoms with E-state index in [0.29, 0.717) is 45.1 Å². The lowest BCUT2D eigenvalue weighted by Gasteiger charge is -2.36. The van der Waals surface area contributed by atoms with Crippen LogP contribution < -0.4 is 10.2 Å². The van der Waals surface area contributed by atoms with Gasteiger partial charge < -0.3 is 15.0 Å². The molecule has 1 N–H and O–H groups in total. The van der Waals surface area contributed by atoms with E-state index in [2.05, 4.69) is 22.2 Å². The van der Waals surface area contributed by atoms with Crippen molar-refractivity contribution in [3.8, 4) is 0 Å². The van der Waals surface area contributed by atoms with E-state index >= 15 is 0 Å². The van der Waals surface area contributed by atoms with Crippen molar-refractivity contribution in [2.75, 3.05) is 37.7 Å². The van der Waals surface area contributed by atoms with Crippen molar-refractivity contribution in [2.24, 2.45) is 5.92 Å². The Kier molecular flexibility index (Phi) is 5.28. The van der Waals surface area contributed by atoms with E-state index in [1.807, 2.05) is 17.3 Å². The zero-order valence-electron chi connectivity index (χ0n) is 14.1. The fraction of sp³-hybridized carbons (Fsp3) is 0.706. The Labute approximate surface area is 141 Å². The van der Waals surface area contributed by atoms with Crippen LogP contribution in [0.1, 0.15) is 31.7 Å². The third-order valence-corrected chi connectivity index (χ3v) is 4.92. The Balaban J connectivity index is 1.48. The van der Waals surface area contributed by atoms with Gasteiger partial charge in [-0.2, -0.15) is 0 Å². The fourth-order valence-corrected chi connectivity index (χ4v) is 3.11. The number of halogens is 1. The van der Waals surface area contributed by atoms with Crippen LogP contribution in [-0.2, 0) is 16.0 Å². The van der Waals surface area contributed by atoms with E-state index in [0.717, 1.165) is 18.4 Å². The summed E-state index contributed by atoms with van der Waals surface area (Å²) in [7, 11) is 0. The minimum atomic E-state index is -1.35. The summed E-state index contributed by atoms with van der Waals surface area (Å²) in [6, 6.07) is 0. The van der Waals surface area contributed by atoms with Gasteiger partial charge in [0.05, 0.1) is 19.1 Å². The molecule has 24 heavy (non-hydrogen) atoms. The van der Waals surface area contributed by atoms with E-state index in [9.17, 15) is 9.18 Å². The largest absolute Gasteiger partial charge is 0.381 e. The molecule has 2 aliphatic heterocycles. The van der Waals surface area contributed by atoms with Gasteiger partial charge in [0.15, 0.2) is 0 Å². The number of alkyl halides is 1. The quantitative estimate of drug-likeness (QED) is 0.883. The number of carbonyl (C=O) groups is 1. The predicted molar refractivity (Wildman–Crippen MR) is 88.6 cm³/mol. The highest BCUT2D eigenvalue weighted by Crippen LogP contribution is 2.28. The third kappa shape index (κ3) is 4.01. The number of carbonyl (C=O) groups excluding carboxylic acids is 1. The van der Waals surface area contributed by atoms with Gasteiger partial charge in [-0.15, -0.1) is 0 Å². The maximum absolute atomic E-state index is 14.9. The van der Waals surface area contributed by atoms with Crippen LogP contribution in [0.2, 0.25) is 0 Å². The fourth-order valence-electron chi connectivity index (χ4n) is 3.11. The van der Waals surface area contributed by atoms with E-state index in [-0.39, 0.29) is 18.4 Å². The molecular formula is C17H25FN4O2. The summed E-state index contributed by atoms with van der Waals surface area (Å²) in [6.07, 6.45) is 6.01. The number of nitrogens with one attached hydrogen (secondary N) is 1. The van der Waals surface area contributed by atoms with E-state index in [1.165, 1.54) is 0 Å². The number of anilines is 1. The molecule has 6 nitrogen and oxygen atoms in total. The number of ether oxygens (including phenoxy) is 1. The van der Waals surface area contributed by atoms with Crippen molar-refractivity contribution >= 4 is 11.9 Å². The first-order valence-electron chi connectivity index (χ1n) is 8.70.